The molecule has 4 nitrogen and oxygen atoms in total. The molecule has 1 amide bonds. The second kappa shape index (κ2) is 6.85. The zero-order valence-electron chi connectivity index (χ0n) is 9.97. The summed E-state index contributed by atoms with van der Waals surface area (Å²) in [7, 11) is 0. The van der Waals surface area contributed by atoms with Crippen molar-refractivity contribution in [3.8, 4) is 0 Å². The van der Waals surface area contributed by atoms with Gasteiger partial charge in [-0.05, 0) is 44.3 Å². The molecular weight excluding hydrogens is 236 g/mol. The summed E-state index contributed by atoms with van der Waals surface area (Å²) < 4.78 is 5.07. The van der Waals surface area contributed by atoms with Gasteiger partial charge in [-0.1, -0.05) is 0 Å². The molecule has 17 heavy (non-hydrogen) atoms. The number of hydrogen-bond acceptors (Lipinski definition) is 3. The maximum Gasteiger partial charge on any atom is 0.250 e. The van der Waals surface area contributed by atoms with E-state index in [-0.39, 0.29) is 5.91 Å². The minimum absolute atomic E-state index is 0.252. The van der Waals surface area contributed by atoms with Gasteiger partial charge < -0.3 is 9.32 Å². The van der Waals surface area contributed by atoms with E-state index in [1.165, 1.54) is 6.08 Å². The van der Waals surface area contributed by atoms with Gasteiger partial charge in [0.05, 0.1) is 6.26 Å². The fourth-order valence-electron chi connectivity index (χ4n) is 1.28. The molecule has 0 atom stereocenters. The average molecular weight is 252 g/mol. The van der Waals surface area contributed by atoms with Crippen LogP contribution < -0.4 is 5.32 Å². The molecule has 0 unspecified atom stereocenters. The molecule has 0 aromatic carbocycles. The third kappa shape index (κ3) is 4.40. The maximum atomic E-state index is 11.5. The minimum atomic E-state index is -0.252. The molecule has 1 aromatic heterocycles. The Hall–Kier alpha value is -1.62. The lowest BCUT2D eigenvalue weighted by molar-refractivity contribution is -0.115. The van der Waals surface area contributed by atoms with Crippen molar-refractivity contribution in [2.45, 2.75) is 13.8 Å². The second-order valence-corrected chi connectivity index (χ2v) is 3.70. The number of hydrogen-bond donors (Lipinski definition) is 1. The number of thiocarbonyl (C=S) groups is 1. The maximum absolute atomic E-state index is 11.5. The molecular formula is C12H16N2O2S. The predicted octanol–water partition coefficient (Wildman–Crippen LogP) is 2.04. The van der Waals surface area contributed by atoms with Crippen molar-refractivity contribution in [3.05, 3.63) is 30.2 Å². The zero-order valence-corrected chi connectivity index (χ0v) is 10.8. The van der Waals surface area contributed by atoms with Crippen molar-refractivity contribution in [3.63, 3.8) is 0 Å². The largest absolute Gasteiger partial charge is 0.465 e. The first-order valence-corrected chi connectivity index (χ1v) is 5.89. The molecule has 5 heteroatoms. The molecule has 1 heterocycles. The van der Waals surface area contributed by atoms with Gasteiger partial charge in [0, 0.05) is 19.2 Å². The highest BCUT2D eigenvalue weighted by Crippen LogP contribution is 2.01. The molecule has 1 aromatic rings. The van der Waals surface area contributed by atoms with E-state index >= 15 is 0 Å². The Bertz CT molecular complexity index is 395. The van der Waals surface area contributed by atoms with Crippen molar-refractivity contribution in [1.29, 1.82) is 0 Å². The van der Waals surface area contributed by atoms with E-state index in [2.05, 4.69) is 5.32 Å². The lowest BCUT2D eigenvalue weighted by Crippen LogP contribution is -2.41. The quantitative estimate of drug-likeness (QED) is 0.658. The molecule has 0 aliphatic carbocycles. The van der Waals surface area contributed by atoms with Gasteiger partial charge in [0.25, 0.3) is 0 Å². The van der Waals surface area contributed by atoms with Crippen molar-refractivity contribution >= 4 is 29.3 Å². The van der Waals surface area contributed by atoms with E-state index in [1.807, 2.05) is 18.7 Å². The van der Waals surface area contributed by atoms with Gasteiger partial charge in [0.15, 0.2) is 5.11 Å². The Morgan fingerprint density at radius 1 is 1.53 bits per heavy atom. The Morgan fingerprint density at radius 2 is 2.24 bits per heavy atom. The summed E-state index contributed by atoms with van der Waals surface area (Å²) in [6.07, 6.45) is 4.55. The Labute approximate surface area is 106 Å². The van der Waals surface area contributed by atoms with Gasteiger partial charge in [-0.3, -0.25) is 10.1 Å². The summed E-state index contributed by atoms with van der Waals surface area (Å²) >= 11 is 5.10. The monoisotopic (exact) mass is 252 g/mol. The van der Waals surface area contributed by atoms with Gasteiger partial charge in [0.2, 0.25) is 5.91 Å². The van der Waals surface area contributed by atoms with Crippen molar-refractivity contribution in [2.24, 2.45) is 0 Å². The SMILES string of the molecule is CCN(CC)C(=S)NC(=O)C=Cc1ccco1. The van der Waals surface area contributed by atoms with Gasteiger partial charge in [-0.25, -0.2) is 0 Å². The first-order valence-electron chi connectivity index (χ1n) is 5.48. The number of furan rings is 1. The highest BCUT2D eigenvalue weighted by molar-refractivity contribution is 7.80. The van der Waals surface area contributed by atoms with Crippen LogP contribution in [0.4, 0.5) is 0 Å². The summed E-state index contributed by atoms with van der Waals surface area (Å²) in [5.74, 6) is 0.382. The van der Waals surface area contributed by atoms with E-state index in [4.69, 9.17) is 16.6 Å². The van der Waals surface area contributed by atoms with Gasteiger partial charge >= 0.3 is 0 Å². The number of nitrogens with one attached hydrogen (secondary N) is 1. The molecule has 0 spiro atoms. The first kappa shape index (κ1) is 13.4. The third-order valence-electron chi connectivity index (χ3n) is 2.22. The van der Waals surface area contributed by atoms with Crippen LogP contribution in [0.2, 0.25) is 0 Å². The number of carbonyl (C=O) groups is 1. The van der Waals surface area contributed by atoms with E-state index in [0.717, 1.165) is 13.1 Å². The number of carbonyl (C=O) groups excluding carboxylic acids is 1. The van der Waals surface area contributed by atoms with Gasteiger partial charge in [-0.15, -0.1) is 0 Å². The topological polar surface area (TPSA) is 45.5 Å². The second-order valence-electron chi connectivity index (χ2n) is 3.32. The normalized spacial score (nSPS) is 10.5. The van der Waals surface area contributed by atoms with Crippen LogP contribution in [0.15, 0.2) is 28.9 Å². The van der Waals surface area contributed by atoms with Gasteiger partial charge in [0.1, 0.15) is 5.76 Å². The van der Waals surface area contributed by atoms with Crippen LogP contribution in [0.3, 0.4) is 0 Å². The Morgan fingerprint density at radius 3 is 2.76 bits per heavy atom. The molecule has 0 radical (unpaired) electrons. The van der Waals surface area contributed by atoms with E-state index in [1.54, 1.807) is 24.5 Å². The number of amides is 1. The van der Waals surface area contributed by atoms with E-state index in [9.17, 15) is 4.79 Å². The Kier molecular flexibility index (Phi) is 5.42. The summed E-state index contributed by atoms with van der Waals surface area (Å²) in [4.78, 5) is 13.4. The van der Waals surface area contributed by atoms with Crippen molar-refractivity contribution in [1.82, 2.24) is 10.2 Å². The van der Waals surface area contributed by atoms with Crippen LogP contribution in [0, 0.1) is 0 Å². The van der Waals surface area contributed by atoms with E-state index in [0.29, 0.717) is 10.9 Å². The molecule has 0 aliphatic rings. The van der Waals surface area contributed by atoms with Crippen LogP contribution >= 0.6 is 12.2 Å². The lowest BCUT2D eigenvalue weighted by atomic mass is 10.4. The average Bonchev–Trinajstić information content (AvgIpc) is 2.81. The van der Waals surface area contributed by atoms with Crippen LogP contribution in [-0.2, 0) is 4.79 Å². The fourth-order valence-corrected chi connectivity index (χ4v) is 1.64. The predicted molar refractivity (Wildman–Crippen MR) is 71.4 cm³/mol. The van der Waals surface area contributed by atoms with E-state index < -0.39 is 0 Å². The molecule has 0 fully saturated rings. The fraction of sp³-hybridized carbons (Fsp3) is 0.333. The molecule has 1 N–H and O–H groups in total. The van der Waals surface area contributed by atoms with Crippen LogP contribution in [0.25, 0.3) is 6.08 Å². The summed E-state index contributed by atoms with van der Waals surface area (Å²) in [5.41, 5.74) is 0. The smallest absolute Gasteiger partial charge is 0.250 e. The molecule has 1 rings (SSSR count). The minimum Gasteiger partial charge on any atom is -0.465 e. The first-order chi connectivity index (χ1) is 8.17. The van der Waals surface area contributed by atoms with Crippen LogP contribution in [-0.4, -0.2) is 29.0 Å². The highest BCUT2D eigenvalue weighted by Gasteiger charge is 2.06. The standard InChI is InChI=1S/C12H16N2O2S/c1-3-14(4-2)12(17)13-11(15)8-7-10-6-5-9-16-10/h5-9H,3-4H2,1-2H3,(H,13,15,17). The number of nitrogens with zero attached hydrogens (tertiary/aromatic N) is 1. The Balaban J connectivity index is 2.47. The van der Waals surface area contributed by atoms with Crippen LogP contribution in [0.5, 0.6) is 0 Å². The molecule has 92 valence electrons. The van der Waals surface area contributed by atoms with Crippen molar-refractivity contribution < 1.29 is 9.21 Å². The summed E-state index contributed by atoms with van der Waals surface area (Å²) in [6.45, 7) is 5.52. The third-order valence-corrected chi connectivity index (χ3v) is 2.58. The number of rotatable bonds is 4. The highest BCUT2D eigenvalue weighted by atomic mass is 32.1. The molecule has 0 saturated carbocycles. The zero-order chi connectivity index (χ0) is 12.7. The lowest BCUT2D eigenvalue weighted by Gasteiger charge is -2.21. The molecule has 0 aliphatic heterocycles. The van der Waals surface area contributed by atoms with Crippen molar-refractivity contribution in [2.75, 3.05) is 13.1 Å². The molecule has 0 saturated heterocycles. The summed E-state index contributed by atoms with van der Waals surface area (Å²) in [6, 6.07) is 3.53. The van der Waals surface area contributed by atoms with Gasteiger partial charge in [-0.2, -0.15) is 0 Å². The molecule has 0 bridgehead atoms. The summed E-state index contributed by atoms with van der Waals surface area (Å²) in [5, 5.41) is 3.08. The van der Waals surface area contributed by atoms with Crippen LogP contribution in [0.1, 0.15) is 19.6 Å².